The highest BCUT2D eigenvalue weighted by Gasteiger charge is 2.48. The molecule has 0 aromatic rings. The molecule has 0 N–H and O–H groups in total. The van der Waals surface area contributed by atoms with Crippen molar-refractivity contribution < 1.29 is 13.3 Å². The van der Waals surface area contributed by atoms with Crippen molar-refractivity contribution >= 4 is 17.0 Å². The van der Waals surface area contributed by atoms with Crippen molar-refractivity contribution in [2.24, 2.45) is 0 Å². The summed E-state index contributed by atoms with van der Waals surface area (Å²) >= 11 is 0. The molecule has 26 heavy (non-hydrogen) atoms. The van der Waals surface area contributed by atoms with Crippen LogP contribution < -0.4 is 0 Å². The van der Waals surface area contributed by atoms with Crippen LogP contribution in [0.4, 0.5) is 0 Å². The van der Waals surface area contributed by atoms with E-state index >= 15 is 0 Å². The van der Waals surface area contributed by atoms with Gasteiger partial charge in [0.15, 0.2) is 0 Å². The zero-order valence-electron chi connectivity index (χ0n) is 19.4. The van der Waals surface area contributed by atoms with Crippen molar-refractivity contribution in [1.29, 1.82) is 0 Å². The van der Waals surface area contributed by atoms with Gasteiger partial charge in [-0.05, 0) is 56.9 Å². The Morgan fingerprint density at radius 2 is 1.08 bits per heavy atom. The van der Waals surface area contributed by atoms with Crippen molar-refractivity contribution in [3.63, 3.8) is 0 Å². The van der Waals surface area contributed by atoms with E-state index < -0.39 is 17.0 Å². The highest BCUT2D eigenvalue weighted by molar-refractivity contribution is 6.81. The van der Waals surface area contributed by atoms with Crippen molar-refractivity contribution in [1.82, 2.24) is 4.57 Å². The van der Waals surface area contributed by atoms with E-state index in [0.29, 0.717) is 19.8 Å². The SMILES string of the molecule is CCO[Si](CCCN(CC)[Si](C(C)C)(C(C)C)C(C)C)(OCC)OCC. The monoisotopic (exact) mass is 405 g/mol. The summed E-state index contributed by atoms with van der Waals surface area (Å²) in [6.07, 6.45) is 1.08. The second-order valence-electron chi connectivity index (χ2n) is 8.02. The Morgan fingerprint density at radius 3 is 1.35 bits per heavy atom. The third-order valence-corrected chi connectivity index (χ3v) is 16.0. The Kier molecular flexibility index (Phi) is 12.8. The number of hydrogen-bond acceptors (Lipinski definition) is 4. The van der Waals surface area contributed by atoms with Gasteiger partial charge in [-0.1, -0.05) is 48.5 Å². The Bertz CT molecular complexity index is 326. The summed E-state index contributed by atoms with van der Waals surface area (Å²) in [6, 6.07) is 0.914. The molecule has 0 aliphatic heterocycles. The van der Waals surface area contributed by atoms with Crippen molar-refractivity contribution in [3.05, 3.63) is 0 Å². The van der Waals surface area contributed by atoms with Crippen LogP contribution in [0.15, 0.2) is 0 Å². The van der Waals surface area contributed by atoms with Gasteiger partial charge in [0.1, 0.15) is 8.24 Å². The summed E-state index contributed by atoms with van der Waals surface area (Å²) in [7, 11) is -4.11. The average Bonchev–Trinajstić information content (AvgIpc) is 2.53. The molecule has 4 nitrogen and oxygen atoms in total. The first-order valence-electron chi connectivity index (χ1n) is 10.8. The first-order chi connectivity index (χ1) is 12.2. The standard InChI is InChI=1S/C20H47NO3Si2/c1-11-21(26(18(5)6,19(7)8)20(9)10)16-15-17-25(22-12-2,23-13-3)24-14-4/h18-20H,11-17H2,1-10H3. The molecule has 158 valence electrons. The molecule has 0 bridgehead atoms. The minimum absolute atomic E-state index is 0.659. The van der Waals surface area contributed by atoms with Crippen LogP contribution in [-0.2, 0) is 13.3 Å². The van der Waals surface area contributed by atoms with Crippen LogP contribution >= 0.6 is 0 Å². The molecule has 0 radical (unpaired) electrons. The number of hydrogen-bond donors (Lipinski definition) is 0. The smallest absolute Gasteiger partial charge is 0.374 e. The third kappa shape index (κ3) is 6.41. The zero-order chi connectivity index (χ0) is 20.4. The second-order valence-corrected chi connectivity index (χ2v) is 16.6. The van der Waals surface area contributed by atoms with Gasteiger partial charge >= 0.3 is 8.80 Å². The fourth-order valence-corrected chi connectivity index (χ4v) is 15.1. The summed E-state index contributed by atoms with van der Waals surface area (Å²) < 4.78 is 21.0. The van der Waals surface area contributed by atoms with Crippen LogP contribution in [0.25, 0.3) is 0 Å². The molecule has 0 saturated heterocycles. The predicted molar refractivity (Wildman–Crippen MR) is 118 cm³/mol. The van der Waals surface area contributed by atoms with Crippen molar-refractivity contribution in [2.75, 3.05) is 32.9 Å². The molecule has 0 aliphatic rings. The van der Waals surface area contributed by atoms with Crippen LogP contribution in [0, 0.1) is 0 Å². The molecule has 0 unspecified atom stereocenters. The third-order valence-electron chi connectivity index (χ3n) is 5.71. The van der Waals surface area contributed by atoms with Gasteiger partial charge < -0.3 is 17.8 Å². The van der Waals surface area contributed by atoms with Gasteiger partial charge in [0, 0.05) is 25.9 Å². The summed E-state index contributed by atoms with van der Waals surface area (Å²) in [6.45, 7) is 27.3. The average molecular weight is 406 g/mol. The van der Waals surface area contributed by atoms with E-state index in [-0.39, 0.29) is 0 Å². The molecule has 0 atom stereocenters. The fourth-order valence-electron chi connectivity index (χ4n) is 5.21. The largest absolute Gasteiger partial charge is 0.500 e. The van der Waals surface area contributed by atoms with Crippen LogP contribution in [0.1, 0.15) is 75.7 Å². The molecule has 0 heterocycles. The van der Waals surface area contributed by atoms with E-state index in [1.165, 1.54) is 0 Å². The van der Waals surface area contributed by atoms with Crippen LogP contribution in [0.2, 0.25) is 22.7 Å². The topological polar surface area (TPSA) is 30.9 Å². The van der Waals surface area contributed by atoms with Crippen LogP contribution in [-0.4, -0.2) is 54.5 Å². The molecule has 0 saturated carbocycles. The zero-order valence-corrected chi connectivity index (χ0v) is 21.4. The minimum Gasteiger partial charge on any atom is -0.374 e. The molecule has 0 aliphatic carbocycles. The van der Waals surface area contributed by atoms with Gasteiger partial charge in [0.05, 0.1) is 0 Å². The molecule has 0 fully saturated rings. The molecular formula is C20H47NO3Si2. The lowest BCUT2D eigenvalue weighted by Crippen LogP contribution is -2.60. The van der Waals surface area contributed by atoms with E-state index in [4.69, 9.17) is 13.3 Å². The first-order valence-corrected chi connectivity index (χ1v) is 15.0. The van der Waals surface area contributed by atoms with Crippen LogP contribution in [0.3, 0.4) is 0 Å². The van der Waals surface area contributed by atoms with Crippen molar-refractivity contribution in [3.8, 4) is 0 Å². The summed E-state index contributed by atoms with van der Waals surface area (Å²) in [5, 5.41) is 0. The maximum Gasteiger partial charge on any atom is 0.500 e. The van der Waals surface area contributed by atoms with Gasteiger partial charge in [-0.25, -0.2) is 0 Å². The van der Waals surface area contributed by atoms with Gasteiger partial charge in [0.2, 0.25) is 0 Å². The molecule has 0 amide bonds. The lowest BCUT2D eigenvalue weighted by molar-refractivity contribution is 0.0704. The van der Waals surface area contributed by atoms with Crippen LogP contribution in [0.5, 0.6) is 0 Å². The van der Waals surface area contributed by atoms with Crippen molar-refractivity contribution in [2.45, 2.75) is 98.3 Å². The summed E-state index contributed by atoms with van der Waals surface area (Å²) in [4.78, 5) is 0. The molecule has 0 rings (SSSR count). The maximum atomic E-state index is 6.04. The normalized spacial score (nSPS) is 13.6. The lowest BCUT2D eigenvalue weighted by atomic mass is 10.5. The molecule has 0 aromatic heterocycles. The van der Waals surface area contributed by atoms with E-state index in [9.17, 15) is 0 Å². The van der Waals surface area contributed by atoms with Gasteiger partial charge in [-0.2, -0.15) is 0 Å². The van der Waals surface area contributed by atoms with E-state index in [2.05, 4.69) is 53.0 Å². The maximum absolute atomic E-state index is 6.04. The Labute approximate surface area is 166 Å². The first kappa shape index (κ1) is 26.3. The second kappa shape index (κ2) is 12.7. The molecular weight excluding hydrogens is 358 g/mol. The minimum atomic E-state index is -2.53. The molecule has 6 heteroatoms. The Hall–Kier alpha value is 0.274. The highest BCUT2D eigenvalue weighted by Crippen LogP contribution is 2.44. The summed E-state index contributed by atoms with van der Waals surface area (Å²) in [5.41, 5.74) is 2.24. The predicted octanol–water partition coefficient (Wildman–Crippen LogP) is 5.92. The summed E-state index contributed by atoms with van der Waals surface area (Å²) in [5.74, 6) is 0. The molecule has 0 spiro atoms. The van der Waals surface area contributed by atoms with E-state index in [1.54, 1.807) is 0 Å². The highest BCUT2D eigenvalue weighted by atomic mass is 28.4. The Morgan fingerprint density at radius 1 is 0.692 bits per heavy atom. The van der Waals surface area contributed by atoms with Gasteiger partial charge in [-0.3, -0.25) is 0 Å². The fraction of sp³-hybridized carbons (Fsp3) is 1.00. The lowest BCUT2D eigenvalue weighted by Gasteiger charge is -2.51. The molecule has 0 aromatic carbocycles. The van der Waals surface area contributed by atoms with Gasteiger partial charge in [0.25, 0.3) is 0 Å². The quantitative estimate of drug-likeness (QED) is 0.316. The number of rotatable bonds is 15. The number of nitrogens with zero attached hydrogens (tertiary/aromatic N) is 1. The Balaban J connectivity index is 5.31. The van der Waals surface area contributed by atoms with Gasteiger partial charge in [-0.15, -0.1) is 0 Å². The van der Waals surface area contributed by atoms with E-state index in [1.807, 2.05) is 20.8 Å². The van der Waals surface area contributed by atoms with E-state index in [0.717, 1.165) is 42.2 Å².